The molecule has 0 fully saturated rings. The average molecular weight is 332 g/mol. The van der Waals surface area contributed by atoms with Gasteiger partial charge in [-0.25, -0.2) is 4.98 Å². The maximum absolute atomic E-state index is 10.2. The van der Waals surface area contributed by atoms with E-state index in [4.69, 9.17) is 14.7 Å². The number of rotatable bonds is 6. The number of aromatic nitrogens is 1. The molecule has 0 saturated carbocycles. The van der Waals surface area contributed by atoms with Gasteiger partial charge in [0.25, 0.3) is 0 Å². The first kappa shape index (κ1) is 16.5. The topological polar surface area (TPSA) is 75.4 Å². The number of hydrogen-bond donors (Lipinski definition) is 1. The molecule has 5 nitrogen and oxygen atoms in total. The summed E-state index contributed by atoms with van der Waals surface area (Å²) in [6, 6.07) is 21.4. The number of aliphatic hydroxyl groups is 1. The van der Waals surface area contributed by atoms with Crippen molar-refractivity contribution in [1.29, 1.82) is 5.26 Å². The Labute approximate surface area is 145 Å². The first-order valence-corrected chi connectivity index (χ1v) is 7.74. The van der Waals surface area contributed by atoms with Crippen molar-refractivity contribution in [3.8, 4) is 23.4 Å². The van der Waals surface area contributed by atoms with Crippen molar-refractivity contribution in [2.45, 2.75) is 6.10 Å². The predicted molar refractivity (Wildman–Crippen MR) is 92.4 cm³/mol. The van der Waals surface area contributed by atoms with Gasteiger partial charge < -0.3 is 14.6 Å². The fourth-order valence-electron chi connectivity index (χ4n) is 2.18. The van der Waals surface area contributed by atoms with Crippen molar-refractivity contribution < 1.29 is 14.6 Å². The van der Waals surface area contributed by atoms with Gasteiger partial charge in [0.2, 0.25) is 5.88 Å². The molecule has 5 heteroatoms. The average Bonchev–Trinajstić information content (AvgIpc) is 2.68. The Morgan fingerprint density at radius 2 is 1.68 bits per heavy atom. The molecule has 0 aliphatic rings. The van der Waals surface area contributed by atoms with Gasteiger partial charge in [-0.2, -0.15) is 5.26 Å². The van der Waals surface area contributed by atoms with Crippen LogP contribution in [0.1, 0.15) is 17.2 Å². The molecule has 0 spiro atoms. The van der Waals surface area contributed by atoms with Gasteiger partial charge in [0, 0.05) is 12.3 Å². The van der Waals surface area contributed by atoms with Crippen LogP contribution in [0.3, 0.4) is 0 Å². The zero-order chi connectivity index (χ0) is 17.5. The van der Waals surface area contributed by atoms with Crippen LogP contribution in [0.5, 0.6) is 17.4 Å². The third kappa shape index (κ3) is 4.56. The third-order valence-electron chi connectivity index (χ3n) is 3.52. The summed E-state index contributed by atoms with van der Waals surface area (Å²) >= 11 is 0. The highest BCUT2D eigenvalue weighted by atomic mass is 16.5. The molecule has 0 aliphatic heterocycles. The highest BCUT2D eigenvalue weighted by Crippen LogP contribution is 2.23. The summed E-state index contributed by atoms with van der Waals surface area (Å²) in [5.74, 6) is 1.80. The molecule has 25 heavy (non-hydrogen) atoms. The van der Waals surface area contributed by atoms with Crippen LogP contribution in [-0.4, -0.2) is 16.7 Å². The molecular weight excluding hydrogens is 316 g/mol. The van der Waals surface area contributed by atoms with Crippen LogP contribution >= 0.6 is 0 Å². The van der Waals surface area contributed by atoms with Crippen LogP contribution in [-0.2, 0) is 0 Å². The third-order valence-corrected chi connectivity index (χ3v) is 3.52. The lowest BCUT2D eigenvalue weighted by molar-refractivity contribution is 0.108. The van der Waals surface area contributed by atoms with E-state index in [1.165, 1.54) is 0 Å². The van der Waals surface area contributed by atoms with Crippen LogP contribution in [0.25, 0.3) is 0 Å². The lowest BCUT2D eigenvalue weighted by Gasteiger charge is -2.13. The predicted octanol–water partition coefficient (Wildman–Crippen LogP) is 3.86. The molecule has 1 atom stereocenters. The Kier molecular flexibility index (Phi) is 5.25. The molecule has 1 aromatic heterocycles. The van der Waals surface area contributed by atoms with E-state index in [1.807, 2.05) is 18.2 Å². The SMILES string of the molecule is N#Cc1ccc(C(O)COc2ccc(Oc3ccccn3)cc2)cc1. The zero-order valence-electron chi connectivity index (χ0n) is 13.4. The summed E-state index contributed by atoms with van der Waals surface area (Å²) in [6.07, 6.45) is 0.898. The van der Waals surface area contributed by atoms with Gasteiger partial charge in [-0.05, 0) is 48.0 Å². The quantitative estimate of drug-likeness (QED) is 0.742. The number of pyridine rings is 1. The maximum atomic E-state index is 10.2. The number of aliphatic hydroxyl groups excluding tert-OH is 1. The van der Waals surface area contributed by atoms with Gasteiger partial charge in [0.05, 0.1) is 11.6 Å². The summed E-state index contributed by atoms with van der Waals surface area (Å²) in [4.78, 5) is 4.10. The minimum absolute atomic E-state index is 0.117. The molecule has 0 amide bonds. The van der Waals surface area contributed by atoms with E-state index in [0.29, 0.717) is 28.5 Å². The lowest BCUT2D eigenvalue weighted by Crippen LogP contribution is -2.09. The zero-order valence-corrected chi connectivity index (χ0v) is 13.4. The molecule has 124 valence electrons. The Hall–Kier alpha value is -3.36. The van der Waals surface area contributed by atoms with Crippen LogP contribution in [0.15, 0.2) is 72.9 Å². The van der Waals surface area contributed by atoms with E-state index in [1.54, 1.807) is 60.8 Å². The van der Waals surface area contributed by atoms with Gasteiger partial charge in [0.1, 0.15) is 24.2 Å². The molecule has 0 bridgehead atoms. The second-order valence-electron chi connectivity index (χ2n) is 5.30. The van der Waals surface area contributed by atoms with Gasteiger partial charge >= 0.3 is 0 Å². The largest absolute Gasteiger partial charge is 0.491 e. The first-order chi connectivity index (χ1) is 12.2. The summed E-state index contributed by atoms with van der Waals surface area (Å²) in [5, 5.41) is 18.9. The first-order valence-electron chi connectivity index (χ1n) is 7.74. The summed E-state index contributed by atoms with van der Waals surface area (Å²) < 4.78 is 11.2. The van der Waals surface area contributed by atoms with Gasteiger partial charge in [-0.3, -0.25) is 0 Å². The molecule has 1 N–H and O–H groups in total. The van der Waals surface area contributed by atoms with Crippen molar-refractivity contribution in [3.63, 3.8) is 0 Å². The van der Waals surface area contributed by atoms with Crippen molar-refractivity contribution in [3.05, 3.63) is 84.1 Å². The van der Waals surface area contributed by atoms with E-state index in [2.05, 4.69) is 4.98 Å². The maximum Gasteiger partial charge on any atom is 0.219 e. The highest BCUT2D eigenvalue weighted by Gasteiger charge is 2.09. The fourth-order valence-corrected chi connectivity index (χ4v) is 2.18. The molecule has 2 aromatic carbocycles. The summed E-state index contributed by atoms with van der Waals surface area (Å²) in [7, 11) is 0. The van der Waals surface area contributed by atoms with Crippen LogP contribution in [0, 0.1) is 11.3 Å². The van der Waals surface area contributed by atoms with Crippen molar-refractivity contribution >= 4 is 0 Å². The van der Waals surface area contributed by atoms with Crippen LogP contribution in [0.4, 0.5) is 0 Å². The summed E-state index contributed by atoms with van der Waals surface area (Å²) in [6.45, 7) is 0.117. The van der Waals surface area contributed by atoms with Crippen molar-refractivity contribution in [1.82, 2.24) is 4.98 Å². The van der Waals surface area contributed by atoms with Crippen LogP contribution < -0.4 is 9.47 Å². The fraction of sp³-hybridized carbons (Fsp3) is 0.100. The summed E-state index contributed by atoms with van der Waals surface area (Å²) in [5.41, 5.74) is 1.26. The van der Waals surface area contributed by atoms with E-state index in [-0.39, 0.29) is 6.61 Å². The molecule has 0 saturated heterocycles. The smallest absolute Gasteiger partial charge is 0.219 e. The van der Waals surface area contributed by atoms with Gasteiger partial charge in [-0.1, -0.05) is 18.2 Å². The Morgan fingerprint density at radius 1 is 0.960 bits per heavy atom. The van der Waals surface area contributed by atoms with Crippen molar-refractivity contribution in [2.75, 3.05) is 6.61 Å². The molecule has 0 radical (unpaired) electrons. The molecule has 1 unspecified atom stereocenters. The van der Waals surface area contributed by atoms with Crippen molar-refractivity contribution in [2.24, 2.45) is 0 Å². The lowest BCUT2D eigenvalue weighted by atomic mass is 10.1. The molecule has 1 heterocycles. The monoisotopic (exact) mass is 332 g/mol. The second-order valence-corrected chi connectivity index (χ2v) is 5.30. The molecule has 3 rings (SSSR count). The van der Waals surface area contributed by atoms with Crippen LogP contribution in [0.2, 0.25) is 0 Å². The minimum atomic E-state index is -0.766. The standard InChI is InChI=1S/C20H16N2O3/c21-13-15-4-6-16(7-5-15)19(23)14-24-17-8-10-18(11-9-17)25-20-3-1-2-12-22-20/h1-12,19,23H,14H2. The van der Waals surface area contributed by atoms with Gasteiger partial charge in [-0.15, -0.1) is 0 Å². The normalized spacial score (nSPS) is 11.4. The molecule has 0 aliphatic carbocycles. The Bertz CT molecular complexity index is 841. The van der Waals surface area contributed by atoms with E-state index >= 15 is 0 Å². The number of ether oxygens (including phenoxy) is 2. The molecular formula is C20H16N2O3. The Morgan fingerprint density at radius 3 is 2.32 bits per heavy atom. The second kappa shape index (κ2) is 7.95. The van der Waals surface area contributed by atoms with E-state index in [0.717, 1.165) is 0 Å². The number of nitrogens with zero attached hydrogens (tertiary/aromatic N) is 2. The number of nitriles is 1. The number of hydrogen-bond acceptors (Lipinski definition) is 5. The van der Waals surface area contributed by atoms with E-state index in [9.17, 15) is 5.11 Å². The number of benzene rings is 2. The minimum Gasteiger partial charge on any atom is -0.491 e. The van der Waals surface area contributed by atoms with Gasteiger partial charge in [0.15, 0.2) is 0 Å². The Balaban J connectivity index is 1.55. The molecule has 3 aromatic rings. The van der Waals surface area contributed by atoms with E-state index < -0.39 is 6.10 Å². The highest BCUT2D eigenvalue weighted by molar-refractivity contribution is 5.34.